The second-order valence-electron chi connectivity index (χ2n) is 7.48. The highest BCUT2D eigenvalue weighted by atomic mass is 16.6. The van der Waals surface area contributed by atoms with Crippen molar-refractivity contribution >= 4 is 22.9 Å². The van der Waals surface area contributed by atoms with Crippen LogP contribution in [-0.4, -0.2) is 51.7 Å². The minimum absolute atomic E-state index is 0.0623. The Morgan fingerprint density at radius 1 is 1.29 bits per heavy atom. The van der Waals surface area contributed by atoms with Crippen molar-refractivity contribution in [1.82, 2.24) is 14.9 Å². The molecule has 4 rings (SSSR count). The van der Waals surface area contributed by atoms with Crippen LogP contribution in [0.25, 0.3) is 10.9 Å². The van der Waals surface area contributed by atoms with Crippen LogP contribution < -0.4 is 4.74 Å². The van der Waals surface area contributed by atoms with E-state index in [9.17, 15) is 14.7 Å². The van der Waals surface area contributed by atoms with Crippen LogP contribution in [0.15, 0.2) is 48.9 Å². The number of imide groups is 1. The summed E-state index contributed by atoms with van der Waals surface area (Å²) in [5.74, 6) is 0.197. The smallest absolute Gasteiger partial charge is 0.417 e. The van der Waals surface area contributed by atoms with Crippen molar-refractivity contribution in [2.45, 2.75) is 31.9 Å². The average molecular weight is 421 g/mol. The third kappa shape index (κ3) is 4.06. The highest BCUT2D eigenvalue weighted by molar-refractivity contribution is 5.94. The van der Waals surface area contributed by atoms with E-state index < -0.39 is 30.8 Å². The lowest BCUT2D eigenvalue weighted by atomic mass is 9.99. The van der Waals surface area contributed by atoms with Crippen molar-refractivity contribution in [3.05, 3.63) is 65.6 Å². The standard InChI is InChI=1S/C23H23N3O5/c1-14-8-17(10-18(9-14)30-2)22-19(13-27)26(23(29)31-22)20(28)6-5-16-12-24-11-15-4-3-7-25-21(15)16/h3-4,7-12,19,22,27H,5-6,13H2,1-2H3/t19-,22+/m0/s1. The summed E-state index contributed by atoms with van der Waals surface area (Å²) >= 11 is 0. The summed E-state index contributed by atoms with van der Waals surface area (Å²) in [6.45, 7) is 1.49. The van der Waals surface area contributed by atoms with Gasteiger partial charge in [0.15, 0.2) is 6.10 Å². The Bertz CT molecular complexity index is 1130. The average Bonchev–Trinajstić information content (AvgIpc) is 3.13. The number of hydrogen-bond donors (Lipinski definition) is 1. The molecule has 8 heteroatoms. The normalized spacial score (nSPS) is 18.3. The number of fused-ring (bicyclic) bond motifs is 1. The monoisotopic (exact) mass is 421 g/mol. The first kappa shape index (κ1) is 20.7. The number of nitrogens with zero attached hydrogens (tertiary/aromatic N) is 3. The number of carbonyl (C=O) groups excluding carboxylic acids is 2. The first-order chi connectivity index (χ1) is 15.0. The van der Waals surface area contributed by atoms with Gasteiger partial charge in [-0.2, -0.15) is 0 Å². The third-order valence-electron chi connectivity index (χ3n) is 5.39. The molecule has 1 aromatic carbocycles. The van der Waals surface area contributed by atoms with Crippen LogP contribution in [0.5, 0.6) is 5.75 Å². The number of carbonyl (C=O) groups is 2. The molecule has 0 saturated carbocycles. The number of methoxy groups -OCH3 is 1. The van der Waals surface area contributed by atoms with Crippen LogP contribution in [-0.2, 0) is 16.0 Å². The molecule has 3 aromatic rings. The van der Waals surface area contributed by atoms with Crippen molar-refractivity contribution in [3.63, 3.8) is 0 Å². The molecule has 1 saturated heterocycles. The van der Waals surface area contributed by atoms with Crippen LogP contribution in [0, 0.1) is 6.92 Å². The Labute approximate surface area is 179 Å². The van der Waals surface area contributed by atoms with Gasteiger partial charge in [0.05, 0.1) is 19.2 Å². The first-order valence-electron chi connectivity index (χ1n) is 9.98. The molecule has 2 aromatic heterocycles. The summed E-state index contributed by atoms with van der Waals surface area (Å²) in [6.07, 6.45) is 3.98. The van der Waals surface area contributed by atoms with E-state index in [-0.39, 0.29) is 6.42 Å². The summed E-state index contributed by atoms with van der Waals surface area (Å²) in [5, 5.41) is 10.9. The van der Waals surface area contributed by atoms with Crippen molar-refractivity contribution in [1.29, 1.82) is 0 Å². The van der Waals surface area contributed by atoms with E-state index >= 15 is 0 Å². The van der Waals surface area contributed by atoms with E-state index in [2.05, 4.69) is 9.97 Å². The zero-order valence-corrected chi connectivity index (χ0v) is 17.3. The summed E-state index contributed by atoms with van der Waals surface area (Å²) in [5.41, 5.74) is 3.18. The zero-order chi connectivity index (χ0) is 22.0. The Kier molecular flexibility index (Phi) is 5.81. The van der Waals surface area contributed by atoms with Gasteiger partial charge in [0.2, 0.25) is 5.91 Å². The Morgan fingerprint density at radius 3 is 2.90 bits per heavy atom. The number of aliphatic hydroxyl groups excluding tert-OH is 1. The Hall–Kier alpha value is -3.52. The van der Waals surface area contributed by atoms with Gasteiger partial charge in [0, 0.05) is 30.4 Å². The second-order valence-corrected chi connectivity index (χ2v) is 7.48. The summed E-state index contributed by atoms with van der Waals surface area (Å²) < 4.78 is 10.8. The fourth-order valence-electron chi connectivity index (χ4n) is 3.93. The molecule has 0 aliphatic carbocycles. The van der Waals surface area contributed by atoms with Crippen LogP contribution in [0.2, 0.25) is 0 Å². The molecule has 0 bridgehead atoms. The Morgan fingerprint density at radius 2 is 2.13 bits per heavy atom. The zero-order valence-electron chi connectivity index (χ0n) is 17.3. The highest BCUT2D eigenvalue weighted by Gasteiger charge is 2.45. The van der Waals surface area contributed by atoms with E-state index in [1.54, 1.807) is 31.8 Å². The molecule has 31 heavy (non-hydrogen) atoms. The van der Waals surface area contributed by atoms with Crippen molar-refractivity contribution in [3.8, 4) is 5.75 Å². The van der Waals surface area contributed by atoms with Gasteiger partial charge in [-0.1, -0.05) is 6.07 Å². The van der Waals surface area contributed by atoms with Gasteiger partial charge in [-0.25, -0.2) is 9.69 Å². The number of aromatic nitrogens is 2. The van der Waals surface area contributed by atoms with Crippen molar-refractivity contribution in [2.24, 2.45) is 0 Å². The number of pyridine rings is 2. The summed E-state index contributed by atoms with van der Waals surface area (Å²) in [4.78, 5) is 35.1. The molecule has 0 radical (unpaired) electrons. The van der Waals surface area contributed by atoms with Crippen molar-refractivity contribution in [2.75, 3.05) is 13.7 Å². The van der Waals surface area contributed by atoms with Crippen LogP contribution in [0.4, 0.5) is 4.79 Å². The van der Waals surface area contributed by atoms with Gasteiger partial charge < -0.3 is 14.6 Å². The molecular weight excluding hydrogens is 398 g/mol. The van der Waals surface area contributed by atoms with E-state index in [1.165, 1.54) is 0 Å². The van der Waals surface area contributed by atoms with Crippen LogP contribution in [0.1, 0.15) is 29.2 Å². The molecule has 2 atom stereocenters. The maximum atomic E-state index is 12.9. The highest BCUT2D eigenvalue weighted by Crippen LogP contribution is 2.35. The van der Waals surface area contributed by atoms with E-state index in [4.69, 9.17) is 9.47 Å². The minimum atomic E-state index is -0.810. The fourth-order valence-corrected chi connectivity index (χ4v) is 3.93. The number of aliphatic hydroxyl groups is 1. The maximum absolute atomic E-state index is 12.9. The topological polar surface area (TPSA) is 102 Å². The second kappa shape index (κ2) is 8.69. The molecule has 160 valence electrons. The quantitative estimate of drug-likeness (QED) is 0.653. The number of benzene rings is 1. The minimum Gasteiger partial charge on any atom is -0.497 e. The van der Waals surface area contributed by atoms with Gasteiger partial charge >= 0.3 is 6.09 Å². The lowest BCUT2D eigenvalue weighted by Gasteiger charge is -2.22. The molecule has 1 fully saturated rings. The van der Waals surface area contributed by atoms with Gasteiger partial charge in [0.1, 0.15) is 11.8 Å². The molecule has 2 amide bonds. The van der Waals surface area contributed by atoms with Gasteiger partial charge in [-0.05, 0) is 54.3 Å². The summed E-state index contributed by atoms with van der Waals surface area (Å²) in [6, 6.07) is 8.37. The number of rotatable bonds is 6. The molecular formula is C23H23N3O5. The molecule has 1 aliphatic rings. The van der Waals surface area contributed by atoms with Gasteiger partial charge in [-0.3, -0.25) is 14.8 Å². The number of ether oxygens (including phenoxy) is 2. The van der Waals surface area contributed by atoms with Crippen LogP contribution >= 0.6 is 0 Å². The van der Waals surface area contributed by atoms with Crippen molar-refractivity contribution < 1.29 is 24.2 Å². The number of hydrogen-bond acceptors (Lipinski definition) is 7. The number of aryl methyl sites for hydroxylation is 2. The largest absolute Gasteiger partial charge is 0.497 e. The fraction of sp³-hybridized carbons (Fsp3) is 0.304. The van der Waals surface area contributed by atoms with E-state index in [1.807, 2.05) is 31.2 Å². The third-order valence-corrected chi connectivity index (χ3v) is 5.39. The summed E-state index contributed by atoms with van der Waals surface area (Å²) in [7, 11) is 1.55. The molecule has 0 spiro atoms. The lowest BCUT2D eigenvalue weighted by molar-refractivity contribution is -0.129. The van der Waals surface area contributed by atoms with Crippen LogP contribution in [0.3, 0.4) is 0 Å². The number of amides is 2. The first-order valence-corrected chi connectivity index (χ1v) is 9.98. The molecule has 1 aliphatic heterocycles. The maximum Gasteiger partial charge on any atom is 0.417 e. The lowest BCUT2D eigenvalue weighted by Crippen LogP contribution is -2.41. The molecule has 1 N–H and O–H groups in total. The predicted octanol–water partition coefficient (Wildman–Crippen LogP) is 2.96. The van der Waals surface area contributed by atoms with E-state index in [0.29, 0.717) is 17.7 Å². The van der Waals surface area contributed by atoms with E-state index in [0.717, 1.165) is 26.9 Å². The molecule has 8 nitrogen and oxygen atoms in total. The molecule has 0 unspecified atom stereocenters. The molecule has 3 heterocycles. The Balaban J connectivity index is 1.54. The SMILES string of the molecule is COc1cc(C)cc([C@H]2OC(=O)N(C(=O)CCc3cncc4cccnc34)[C@H]2CO)c1. The van der Waals surface area contributed by atoms with Gasteiger partial charge in [-0.15, -0.1) is 0 Å². The predicted molar refractivity (Wildman–Crippen MR) is 113 cm³/mol. The number of cyclic esters (lactones) is 1. The van der Waals surface area contributed by atoms with Gasteiger partial charge in [0.25, 0.3) is 0 Å².